The first-order valence-electron chi connectivity index (χ1n) is 2.82. The molecular formula is C7H5ClO3. The van der Waals surface area contributed by atoms with Crippen LogP contribution in [0.2, 0.25) is 0 Å². The molecule has 11 heavy (non-hydrogen) atoms. The van der Waals surface area contributed by atoms with Crippen LogP contribution >= 0.6 is 11.6 Å². The Hall–Kier alpha value is -1.22. The molecule has 1 rings (SSSR count). The molecular weight excluding hydrogens is 168 g/mol. The summed E-state index contributed by atoms with van der Waals surface area (Å²) in [4.78, 5) is 10.2. The lowest BCUT2D eigenvalue weighted by atomic mass is 10.2. The zero-order chi connectivity index (χ0) is 8.27. The topological polar surface area (TPSA) is 46.5 Å². The van der Waals surface area contributed by atoms with Gasteiger partial charge in [-0.3, -0.25) is 4.79 Å². The maximum atomic E-state index is 10.2. The van der Waals surface area contributed by atoms with E-state index in [9.17, 15) is 4.79 Å². The third kappa shape index (κ3) is 1.43. The summed E-state index contributed by atoms with van der Waals surface area (Å²) in [7, 11) is 0. The number of hydrogen-bond donors (Lipinski definition) is 1. The summed E-state index contributed by atoms with van der Waals surface area (Å²) in [6, 6.07) is 0. The third-order valence-electron chi connectivity index (χ3n) is 1.16. The van der Waals surface area contributed by atoms with Crippen molar-refractivity contribution >= 4 is 17.9 Å². The van der Waals surface area contributed by atoms with Crippen LogP contribution in [0.4, 0.5) is 0 Å². The number of halogens is 1. The van der Waals surface area contributed by atoms with E-state index < -0.39 is 0 Å². The maximum absolute atomic E-state index is 10.2. The predicted octanol–water partition coefficient (Wildman–Crippen LogP) is 1.62. The molecule has 0 saturated carbocycles. The van der Waals surface area contributed by atoms with Crippen LogP contribution in [0, 0.1) is 0 Å². The lowest BCUT2D eigenvalue weighted by Gasteiger charge is -2.08. The summed E-state index contributed by atoms with van der Waals surface area (Å²) in [6.45, 7) is 0. The van der Waals surface area contributed by atoms with Crippen LogP contribution in [-0.4, -0.2) is 11.4 Å². The van der Waals surface area contributed by atoms with Gasteiger partial charge in [0.1, 0.15) is 0 Å². The van der Waals surface area contributed by atoms with Crippen LogP contribution in [0.5, 0.6) is 0 Å². The van der Waals surface area contributed by atoms with E-state index in [1.165, 1.54) is 12.3 Å². The molecule has 1 aliphatic rings. The van der Waals surface area contributed by atoms with Crippen molar-refractivity contribution in [1.29, 1.82) is 0 Å². The molecule has 1 N–H and O–H groups in total. The molecule has 0 radical (unpaired) electrons. The Morgan fingerprint density at radius 1 is 1.64 bits per heavy atom. The smallest absolute Gasteiger partial charge is 0.186 e. The van der Waals surface area contributed by atoms with Crippen molar-refractivity contribution in [3.8, 4) is 0 Å². The first kappa shape index (κ1) is 7.88. The van der Waals surface area contributed by atoms with Crippen LogP contribution in [0.15, 0.2) is 35.0 Å². The Morgan fingerprint density at radius 3 is 2.91 bits per heavy atom. The monoisotopic (exact) mass is 172 g/mol. The first-order chi connectivity index (χ1) is 5.29. The quantitative estimate of drug-likeness (QED) is 0.483. The predicted molar refractivity (Wildman–Crippen MR) is 39.9 cm³/mol. The van der Waals surface area contributed by atoms with Gasteiger partial charge in [-0.05, 0) is 6.08 Å². The minimum absolute atomic E-state index is 0.00877. The van der Waals surface area contributed by atoms with Gasteiger partial charge in [-0.2, -0.15) is 0 Å². The molecule has 0 amide bonds. The van der Waals surface area contributed by atoms with E-state index in [-0.39, 0.29) is 10.8 Å². The van der Waals surface area contributed by atoms with Gasteiger partial charge in [0, 0.05) is 5.57 Å². The molecule has 0 unspecified atom stereocenters. The molecule has 0 saturated heterocycles. The standard InChI is InChI=1S/C7H5ClO3/c8-7-5(3-9)1-2-11-6(7)4-10/h1-4,9H. The van der Waals surface area contributed by atoms with Crippen molar-refractivity contribution in [3.05, 3.63) is 35.0 Å². The highest BCUT2D eigenvalue weighted by Crippen LogP contribution is 2.23. The van der Waals surface area contributed by atoms with Crippen molar-refractivity contribution < 1.29 is 14.6 Å². The maximum Gasteiger partial charge on any atom is 0.186 e. The fraction of sp³-hybridized carbons (Fsp3) is 0. The number of rotatable bonds is 1. The van der Waals surface area contributed by atoms with Crippen LogP contribution in [0.1, 0.15) is 0 Å². The number of hydrogen-bond acceptors (Lipinski definition) is 3. The minimum atomic E-state index is 0.00877. The summed E-state index contributed by atoms with van der Waals surface area (Å²) in [5, 5.41) is 8.69. The zero-order valence-corrected chi connectivity index (χ0v) is 6.21. The lowest BCUT2D eigenvalue weighted by molar-refractivity contribution is -0.107. The van der Waals surface area contributed by atoms with Gasteiger partial charge < -0.3 is 9.84 Å². The average molecular weight is 173 g/mol. The van der Waals surface area contributed by atoms with Crippen molar-refractivity contribution in [2.24, 2.45) is 0 Å². The van der Waals surface area contributed by atoms with Crippen molar-refractivity contribution in [2.45, 2.75) is 0 Å². The Kier molecular flexibility index (Phi) is 2.33. The van der Waals surface area contributed by atoms with E-state index in [0.717, 1.165) is 6.26 Å². The van der Waals surface area contributed by atoms with Crippen LogP contribution in [-0.2, 0) is 9.53 Å². The Morgan fingerprint density at radius 2 is 2.36 bits per heavy atom. The van der Waals surface area contributed by atoms with Crippen molar-refractivity contribution in [2.75, 3.05) is 0 Å². The summed E-state index contributed by atoms with van der Waals surface area (Å²) in [6.07, 6.45) is 4.02. The molecule has 0 fully saturated rings. The van der Waals surface area contributed by atoms with Gasteiger partial charge in [-0.15, -0.1) is 0 Å². The second kappa shape index (κ2) is 3.25. The van der Waals surface area contributed by atoms with Gasteiger partial charge >= 0.3 is 0 Å². The number of aliphatic hydroxyl groups is 1. The first-order valence-corrected chi connectivity index (χ1v) is 3.20. The normalized spacial score (nSPS) is 20.3. The van der Waals surface area contributed by atoms with E-state index >= 15 is 0 Å². The molecule has 0 aromatic heterocycles. The highest BCUT2D eigenvalue weighted by molar-refractivity contribution is 6.33. The molecule has 3 nitrogen and oxygen atoms in total. The summed E-state index contributed by atoms with van der Waals surface area (Å²) >= 11 is 5.59. The number of aldehydes is 1. The molecule has 4 heteroatoms. The van der Waals surface area contributed by atoms with Gasteiger partial charge in [0.25, 0.3) is 0 Å². The van der Waals surface area contributed by atoms with Gasteiger partial charge in [-0.25, -0.2) is 0 Å². The largest absolute Gasteiger partial charge is 0.515 e. The third-order valence-corrected chi connectivity index (χ3v) is 1.56. The van der Waals surface area contributed by atoms with Crippen LogP contribution in [0.25, 0.3) is 0 Å². The number of allylic oxidation sites excluding steroid dienone is 4. The molecule has 0 spiro atoms. The molecule has 0 bridgehead atoms. The Labute approximate surface area is 68.2 Å². The summed E-state index contributed by atoms with van der Waals surface area (Å²) < 4.78 is 4.72. The Balaban J connectivity index is 3.03. The zero-order valence-electron chi connectivity index (χ0n) is 5.45. The molecule has 1 aliphatic heterocycles. The molecule has 0 atom stereocenters. The van der Waals surface area contributed by atoms with Crippen molar-refractivity contribution in [3.63, 3.8) is 0 Å². The van der Waals surface area contributed by atoms with E-state index in [2.05, 4.69) is 0 Å². The summed E-state index contributed by atoms with van der Waals surface area (Å²) in [5.41, 5.74) is 0.361. The fourth-order valence-corrected chi connectivity index (χ4v) is 0.828. The van der Waals surface area contributed by atoms with E-state index in [0.29, 0.717) is 11.9 Å². The van der Waals surface area contributed by atoms with Crippen LogP contribution in [0.3, 0.4) is 0 Å². The molecule has 58 valence electrons. The van der Waals surface area contributed by atoms with Gasteiger partial charge in [-0.1, -0.05) is 11.6 Å². The molecule has 0 aromatic carbocycles. The van der Waals surface area contributed by atoms with E-state index in [1.54, 1.807) is 0 Å². The van der Waals surface area contributed by atoms with Gasteiger partial charge in [0.05, 0.1) is 17.6 Å². The minimum Gasteiger partial charge on any atom is -0.515 e. The number of carbonyl (C=O) groups excluding carboxylic acids is 1. The summed E-state index contributed by atoms with van der Waals surface area (Å²) in [5.74, 6) is 0.00877. The number of carbonyl (C=O) groups is 1. The molecule has 1 heterocycles. The molecule has 0 aromatic rings. The highest BCUT2D eigenvalue weighted by Gasteiger charge is 2.11. The fourth-order valence-electron chi connectivity index (χ4n) is 0.627. The average Bonchev–Trinajstić information content (AvgIpc) is 2.05. The molecule has 0 aliphatic carbocycles. The SMILES string of the molecule is O=CC1=C(Cl)C(=CO)C=CO1. The van der Waals surface area contributed by atoms with Gasteiger partial charge in [0.15, 0.2) is 12.0 Å². The van der Waals surface area contributed by atoms with Gasteiger partial charge in [0.2, 0.25) is 0 Å². The van der Waals surface area contributed by atoms with Crippen molar-refractivity contribution in [1.82, 2.24) is 0 Å². The van der Waals surface area contributed by atoms with Crippen LogP contribution < -0.4 is 0 Å². The highest BCUT2D eigenvalue weighted by atomic mass is 35.5. The lowest BCUT2D eigenvalue weighted by Crippen LogP contribution is -1.97. The van der Waals surface area contributed by atoms with E-state index in [4.69, 9.17) is 21.4 Å². The number of aliphatic hydroxyl groups excluding tert-OH is 1. The Bertz CT molecular complexity index is 263. The number of ether oxygens (including phenoxy) is 1. The second-order valence-electron chi connectivity index (χ2n) is 1.80. The van der Waals surface area contributed by atoms with E-state index in [1.807, 2.05) is 0 Å². The second-order valence-corrected chi connectivity index (χ2v) is 2.18.